The lowest BCUT2D eigenvalue weighted by atomic mass is 9.97. The van der Waals surface area contributed by atoms with E-state index < -0.39 is 0 Å². The van der Waals surface area contributed by atoms with E-state index in [0.717, 1.165) is 55.3 Å². The van der Waals surface area contributed by atoms with E-state index in [9.17, 15) is 0 Å². The lowest BCUT2D eigenvalue weighted by molar-refractivity contribution is 0.176. The standard InChI is InChI=1S/C18H20N4O2/c1-13-19-18(21-23-13)15-8-5-9-22(11-15)12-16-10-17(20-24-16)14-6-3-2-4-7-14/h2-4,6-7,10,15H,5,8-9,11-12H2,1H3/t15-/m1/s1. The molecule has 1 fully saturated rings. The van der Waals surface area contributed by atoms with Crippen molar-refractivity contribution in [3.63, 3.8) is 0 Å². The van der Waals surface area contributed by atoms with Gasteiger partial charge in [-0.3, -0.25) is 4.90 Å². The number of rotatable bonds is 4. The summed E-state index contributed by atoms with van der Waals surface area (Å²) in [6.07, 6.45) is 2.22. The number of likely N-dealkylation sites (tertiary alicyclic amines) is 1. The summed E-state index contributed by atoms with van der Waals surface area (Å²) in [5, 5.41) is 8.27. The van der Waals surface area contributed by atoms with Crippen molar-refractivity contribution in [2.45, 2.75) is 32.2 Å². The van der Waals surface area contributed by atoms with Gasteiger partial charge < -0.3 is 9.05 Å². The largest absolute Gasteiger partial charge is 0.359 e. The molecule has 0 N–H and O–H groups in total. The third kappa shape index (κ3) is 3.23. The van der Waals surface area contributed by atoms with Crippen LogP contribution in [0.15, 0.2) is 45.4 Å². The molecule has 124 valence electrons. The zero-order chi connectivity index (χ0) is 16.4. The minimum absolute atomic E-state index is 0.327. The molecule has 1 aliphatic heterocycles. The molecule has 6 heteroatoms. The predicted molar refractivity (Wildman–Crippen MR) is 88.2 cm³/mol. The van der Waals surface area contributed by atoms with Crippen LogP contribution in [-0.4, -0.2) is 33.3 Å². The first-order chi connectivity index (χ1) is 11.8. The maximum Gasteiger partial charge on any atom is 0.223 e. The van der Waals surface area contributed by atoms with Gasteiger partial charge in [-0.15, -0.1) is 0 Å². The van der Waals surface area contributed by atoms with Gasteiger partial charge in [-0.25, -0.2) is 0 Å². The molecule has 0 amide bonds. The Kier molecular flexibility index (Phi) is 4.13. The van der Waals surface area contributed by atoms with Gasteiger partial charge in [0, 0.05) is 31.0 Å². The van der Waals surface area contributed by atoms with E-state index in [1.807, 2.05) is 43.3 Å². The van der Waals surface area contributed by atoms with Crippen molar-refractivity contribution < 1.29 is 9.05 Å². The number of aryl methyl sites for hydroxylation is 1. The normalized spacial score (nSPS) is 18.8. The fourth-order valence-corrected chi connectivity index (χ4v) is 3.24. The first-order valence-corrected chi connectivity index (χ1v) is 8.31. The third-order valence-corrected chi connectivity index (χ3v) is 4.42. The molecule has 0 spiro atoms. The lowest BCUT2D eigenvalue weighted by Crippen LogP contribution is -2.34. The fraction of sp³-hybridized carbons (Fsp3) is 0.389. The zero-order valence-electron chi connectivity index (χ0n) is 13.7. The summed E-state index contributed by atoms with van der Waals surface area (Å²) in [6, 6.07) is 12.1. The molecule has 24 heavy (non-hydrogen) atoms. The van der Waals surface area contributed by atoms with Gasteiger partial charge in [0.15, 0.2) is 11.6 Å². The Hall–Kier alpha value is -2.47. The zero-order valence-corrected chi connectivity index (χ0v) is 13.7. The van der Waals surface area contributed by atoms with Gasteiger partial charge in [-0.1, -0.05) is 40.6 Å². The van der Waals surface area contributed by atoms with E-state index in [1.54, 1.807) is 0 Å². The molecule has 0 radical (unpaired) electrons. The van der Waals surface area contributed by atoms with Crippen molar-refractivity contribution >= 4 is 0 Å². The van der Waals surface area contributed by atoms with E-state index in [1.165, 1.54) is 0 Å². The Morgan fingerprint density at radius 3 is 2.83 bits per heavy atom. The Balaban J connectivity index is 1.43. The highest BCUT2D eigenvalue weighted by molar-refractivity contribution is 5.58. The van der Waals surface area contributed by atoms with E-state index in [2.05, 4.69) is 20.2 Å². The fourth-order valence-electron chi connectivity index (χ4n) is 3.24. The summed E-state index contributed by atoms with van der Waals surface area (Å²) in [5.41, 5.74) is 1.96. The molecule has 2 aromatic heterocycles. The van der Waals surface area contributed by atoms with Gasteiger partial charge in [0.25, 0.3) is 0 Å². The van der Waals surface area contributed by atoms with Crippen LogP contribution in [0, 0.1) is 6.92 Å². The van der Waals surface area contributed by atoms with Crippen LogP contribution in [0.25, 0.3) is 11.3 Å². The number of nitrogens with zero attached hydrogens (tertiary/aromatic N) is 4. The third-order valence-electron chi connectivity index (χ3n) is 4.42. The first kappa shape index (κ1) is 15.1. The van der Waals surface area contributed by atoms with Gasteiger partial charge in [0.1, 0.15) is 5.69 Å². The van der Waals surface area contributed by atoms with E-state index in [-0.39, 0.29) is 0 Å². The molecule has 1 saturated heterocycles. The monoisotopic (exact) mass is 324 g/mol. The Morgan fingerprint density at radius 2 is 2.04 bits per heavy atom. The molecule has 0 saturated carbocycles. The Labute approximate surface area is 140 Å². The molecular weight excluding hydrogens is 304 g/mol. The van der Waals surface area contributed by atoms with E-state index in [4.69, 9.17) is 9.05 Å². The lowest BCUT2D eigenvalue weighted by Gasteiger charge is -2.30. The number of hydrogen-bond acceptors (Lipinski definition) is 6. The molecule has 1 aliphatic rings. The van der Waals surface area contributed by atoms with Gasteiger partial charge in [-0.05, 0) is 19.4 Å². The van der Waals surface area contributed by atoms with Crippen LogP contribution >= 0.6 is 0 Å². The summed E-state index contributed by atoms with van der Waals surface area (Å²) in [6.45, 7) is 4.55. The Morgan fingerprint density at radius 1 is 1.17 bits per heavy atom. The molecule has 4 rings (SSSR count). The average molecular weight is 324 g/mol. The number of piperidine rings is 1. The maximum atomic E-state index is 5.53. The molecule has 0 unspecified atom stereocenters. The molecule has 1 aromatic carbocycles. The van der Waals surface area contributed by atoms with Crippen LogP contribution in [0.4, 0.5) is 0 Å². The van der Waals surface area contributed by atoms with Crippen molar-refractivity contribution in [1.82, 2.24) is 20.2 Å². The minimum atomic E-state index is 0.327. The van der Waals surface area contributed by atoms with Gasteiger partial charge in [0.2, 0.25) is 5.89 Å². The number of aromatic nitrogens is 3. The van der Waals surface area contributed by atoms with Crippen molar-refractivity contribution in [3.05, 3.63) is 53.9 Å². The maximum absolute atomic E-state index is 5.53. The van der Waals surface area contributed by atoms with E-state index >= 15 is 0 Å². The SMILES string of the molecule is Cc1nc([C@@H]2CCCN(Cc3cc(-c4ccccc4)no3)C2)no1. The van der Waals surface area contributed by atoms with Crippen LogP contribution in [0.5, 0.6) is 0 Å². The van der Waals surface area contributed by atoms with Gasteiger partial charge >= 0.3 is 0 Å². The number of hydrogen-bond donors (Lipinski definition) is 0. The van der Waals surface area contributed by atoms with Crippen LogP contribution in [0.2, 0.25) is 0 Å². The van der Waals surface area contributed by atoms with Crippen LogP contribution in [-0.2, 0) is 6.54 Å². The highest BCUT2D eigenvalue weighted by Crippen LogP contribution is 2.26. The summed E-state index contributed by atoms with van der Waals surface area (Å²) in [7, 11) is 0. The molecular formula is C18H20N4O2. The van der Waals surface area contributed by atoms with Crippen molar-refractivity contribution in [2.75, 3.05) is 13.1 Å². The first-order valence-electron chi connectivity index (χ1n) is 8.31. The summed E-state index contributed by atoms with van der Waals surface area (Å²) < 4.78 is 10.6. The molecule has 3 heterocycles. The molecule has 1 atom stereocenters. The van der Waals surface area contributed by atoms with Gasteiger partial charge in [-0.2, -0.15) is 4.98 Å². The minimum Gasteiger partial charge on any atom is -0.359 e. The topological polar surface area (TPSA) is 68.2 Å². The highest BCUT2D eigenvalue weighted by Gasteiger charge is 2.25. The second-order valence-electron chi connectivity index (χ2n) is 6.29. The quantitative estimate of drug-likeness (QED) is 0.732. The second kappa shape index (κ2) is 6.57. The highest BCUT2D eigenvalue weighted by atomic mass is 16.5. The number of benzene rings is 1. The molecule has 6 nitrogen and oxygen atoms in total. The van der Waals surface area contributed by atoms with E-state index in [0.29, 0.717) is 11.8 Å². The molecule has 0 aliphatic carbocycles. The smallest absolute Gasteiger partial charge is 0.223 e. The van der Waals surface area contributed by atoms with Gasteiger partial charge in [0.05, 0.1) is 6.54 Å². The second-order valence-corrected chi connectivity index (χ2v) is 6.29. The molecule has 0 bridgehead atoms. The van der Waals surface area contributed by atoms with Crippen LogP contribution in [0.3, 0.4) is 0 Å². The average Bonchev–Trinajstić information content (AvgIpc) is 3.25. The van der Waals surface area contributed by atoms with Crippen molar-refractivity contribution in [3.8, 4) is 11.3 Å². The molecule has 3 aromatic rings. The summed E-state index contributed by atoms with van der Waals surface area (Å²) in [4.78, 5) is 6.75. The Bertz CT molecular complexity index is 796. The van der Waals surface area contributed by atoms with Crippen LogP contribution < -0.4 is 0 Å². The summed E-state index contributed by atoms with van der Waals surface area (Å²) >= 11 is 0. The summed E-state index contributed by atoms with van der Waals surface area (Å²) in [5.74, 6) is 2.66. The predicted octanol–water partition coefficient (Wildman–Crippen LogP) is 3.41. The van der Waals surface area contributed by atoms with Crippen molar-refractivity contribution in [1.29, 1.82) is 0 Å². The van der Waals surface area contributed by atoms with Crippen molar-refractivity contribution in [2.24, 2.45) is 0 Å². The van der Waals surface area contributed by atoms with Crippen LogP contribution in [0.1, 0.15) is 36.2 Å².